The molecule has 4 saturated carbocycles. The average Bonchev–Trinajstić information content (AvgIpc) is 3.34. The third-order valence-electron chi connectivity index (χ3n) is 8.15. The molecule has 0 aromatic heterocycles. The van der Waals surface area contributed by atoms with E-state index in [1.807, 2.05) is 0 Å². The van der Waals surface area contributed by atoms with Crippen molar-refractivity contribution in [2.45, 2.75) is 83.7 Å². The number of rotatable bonds is 8. The number of hydrogen-bond donors (Lipinski definition) is 0. The van der Waals surface area contributed by atoms with Crippen LogP contribution in [0.5, 0.6) is 0 Å². The van der Waals surface area contributed by atoms with Gasteiger partial charge in [0.05, 0.1) is 0 Å². The quantitative estimate of drug-likeness (QED) is 0.518. The van der Waals surface area contributed by atoms with Crippen LogP contribution in [0.2, 0.25) is 11.6 Å². The van der Waals surface area contributed by atoms with Crippen LogP contribution in [0.3, 0.4) is 0 Å². The first kappa shape index (κ1) is 17.5. The van der Waals surface area contributed by atoms with Gasteiger partial charge < -0.3 is 8.85 Å². The van der Waals surface area contributed by atoms with Gasteiger partial charge in [-0.3, -0.25) is 0 Å². The molecule has 0 aromatic rings. The molecular weight excluding hydrogens is 312 g/mol. The molecule has 0 aliphatic heterocycles. The van der Waals surface area contributed by atoms with E-state index in [0.29, 0.717) is 0 Å². The van der Waals surface area contributed by atoms with Gasteiger partial charge in [-0.25, -0.2) is 0 Å². The lowest BCUT2D eigenvalue weighted by Crippen LogP contribution is -2.52. The molecule has 4 bridgehead atoms. The molecule has 0 saturated heterocycles. The topological polar surface area (TPSA) is 18.5 Å². The van der Waals surface area contributed by atoms with E-state index in [1.165, 1.54) is 44.6 Å². The maximum absolute atomic E-state index is 6.63. The molecule has 138 valence electrons. The molecule has 2 nitrogen and oxygen atoms in total. The molecule has 4 rings (SSSR count). The lowest BCUT2D eigenvalue weighted by molar-refractivity contribution is 0.109. The van der Waals surface area contributed by atoms with Crippen LogP contribution in [-0.4, -0.2) is 21.8 Å². The summed E-state index contributed by atoms with van der Waals surface area (Å²) in [5, 5.41) is 0. The Morgan fingerprint density at radius 1 is 0.792 bits per heavy atom. The summed E-state index contributed by atoms with van der Waals surface area (Å²) in [5.41, 5.74) is 0.806. The van der Waals surface area contributed by atoms with Crippen LogP contribution in [-0.2, 0) is 8.85 Å². The van der Waals surface area contributed by atoms with E-state index in [0.717, 1.165) is 54.3 Å². The summed E-state index contributed by atoms with van der Waals surface area (Å²) in [4.78, 5) is 0. The van der Waals surface area contributed by atoms with Crippen molar-refractivity contribution in [1.29, 1.82) is 0 Å². The molecule has 4 aliphatic rings. The second-order valence-corrected chi connectivity index (χ2v) is 12.6. The van der Waals surface area contributed by atoms with Crippen LogP contribution >= 0.6 is 0 Å². The third kappa shape index (κ3) is 2.73. The zero-order chi connectivity index (χ0) is 16.7. The van der Waals surface area contributed by atoms with Crippen molar-refractivity contribution in [3.8, 4) is 0 Å². The fourth-order valence-electron chi connectivity index (χ4n) is 7.75. The highest BCUT2D eigenvalue weighted by molar-refractivity contribution is 6.69. The smallest absolute Gasteiger partial charge is 0.341 e. The van der Waals surface area contributed by atoms with Gasteiger partial charge in [-0.15, -0.1) is 0 Å². The predicted molar refractivity (Wildman–Crippen MR) is 101 cm³/mol. The van der Waals surface area contributed by atoms with E-state index in [4.69, 9.17) is 8.85 Å². The molecule has 0 spiro atoms. The molecule has 3 heteroatoms. The maximum Gasteiger partial charge on any atom is 0.341 e. The molecule has 0 heterocycles. The highest BCUT2D eigenvalue weighted by atomic mass is 28.4. The number of hydrogen-bond acceptors (Lipinski definition) is 2. The van der Waals surface area contributed by atoms with Gasteiger partial charge in [0.25, 0.3) is 0 Å². The first-order chi connectivity index (χ1) is 11.7. The van der Waals surface area contributed by atoms with Gasteiger partial charge in [-0.05, 0) is 93.9 Å². The lowest BCUT2D eigenvalue weighted by atomic mass is 9.72. The summed E-state index contributed by atoms with van der Waals surface area (Å²) in [6.45, 7) is 8.42. The Hall–Kier alpha value is 0.137. The zero-order valence-electron chi connectivity index (χ0n) is 16.1. The number of fused-ring (bicyclic) bond motifs is 4. The van der Waals surface area contributed by atoms with Crippen molar-refractivity contribution in [2.24, 2.45) is 35.5 Å². The SMILES string of the molecule is CCC[Si](OCC)(OCC)C1C2CCC(C2)C1C1CC2CCC1C2. The molecule has 0 radical (unpaired) electrons. The van der Waals surface area contributed by atoms with Crippen molar-refractivity contribution in [3.05, 3.63) is 0 Å². The van der Waals surface area contributed by atoms with Crippen molar-refractivity contribution in [1.82, 2.24) is 0 Å². The predicted octanol–water partition coefficient (Wildman–Crippen LogP) is 5.76. The van der Waals surface area contributed by atoms with Crippen LogP contribution in [0.15, 0.2) is 0 Å². The minimum Gasteiger partial charge on any atom is -0.394 e. The molecule has 0 aromatic carbocycles. The molecule has 0 N–H and O–H groups in total. The fourth-order valence-corrected chi connectivity index (χ4v) is 12.6. The summed E-state index contributed by atoms with van der Waals surface area (Å²) >= 11 is 0. The van der Waals surface area contributed by atoms with E-state index in [2.05, 4.69) is 20.8 Å². The highest BCUT2D eigenvalue weighted by Gasteiger charge is 2.63. The van der Waals surface area contributed by atoms with Gasteiger partial charge in [-0.1, -0.05) is 19.8 Å². The average molecular weight is 351 g/mol. The second-order valence-electron chi connectivity index (χ2n) is 9.20. The second kappa shape index (κ2) is 7.04. The van der Waals surface area contributed by atoms with Crippen LogP contribution in [0.4, 0.5) is 0 Å². The Morgan fingerprint density at radius 2 is 1.50 bits per heavy atom. The van der Waals surface area contributed by atoms with Crippen LogP contribution in [0.25, 0.3) is 0 Å². The minimum atomic E-state index is -2.07. The van der Waals surface area contributed by atoms with Gasteiger partial charge in [0.15, 0.2) is 0 Å². The fraction of sp³-hybridized carbons (Fsp3) is 1.00. The van der Waals surface area contributed by atoms with Crippen molar-refractivity contribution < 1.29 is 8.85 Å². The van der Waals surface area contributed by atoms with Gasteiger partial charge in [0, 0.05) is 18.8 Å². The van der Waals surface area contributed by atoms with Crippen molar-refractivity contribution >= 4 is 8.56 Å². The molecule has 4 fully saturated rings. The van der Waals surface area contributed by atoms with E-state index in [-0.39, 0.29) is 0 Å². The van der Waals surface area contributed by atoms with Gasteiger partial charge in [-0.2, -0.15) is 0 Å². The molecule has 24 heavy (non-hydrogen) atoms. The summed E-state index contributed by atoms with van der Waals surface area (Å²) < 4.78 is 13.3. The molecular formula is C21H38O2Si. The van der Waals surface area contributed by atoms with Gasteiger partial charge in [0.1, 0.15) is 0 Å². The molecule has 7 unspecified atom stereocenters. The van der Waals surface area contributed by atoms with E-state index in [9.17, 15) is 0 Å². The maximum atomic E-state index is 6.63. The Balaban J connectivity index is 1.64. The summed E-state index contributed by atoms with van der Waals surface area (Å²) in [7, 11) is -2.07. The van der Waals surface area contributed by atoms with E-state index in [1.54, 1.807) is 12.8 Å². The first-order valence-electron chi connectivity index (χ1n) is 11.0. The minimum absolute atomic E-state index is 0.806. The third-order valence-corrected chi connectivity index (χ3v) is 12.8. The first-order valence-corrected chi connectivity index (χ1v) is 13.1. The van der Waals surface area contributed by atoms with Crippen molar-refractivity contribution in [3.63, 3.8) is 0 Å². The van der Waals surface area contributed by atoms with Gasteiger partial charge >= 0.3 is 8.56 Å². The summed E-state index contributed by atoms with van der Waals surface area (Å²) in [6, 6.07) is 1.22. The van der Waals surface area contributed by atoms with Crippen LogP contribution in [0.1, 0.15) is 72.1 Å². The van der Waals surface area contributed by atoms with E-state index >= 15 is 0 Å². The standard InChI is InChI=1S/C21H38O2Si/c1-4-11-24(22-5-2,23-6-3)21-18-10-9-17(14-18)20(21)19-13-15-7-8-16(19)12-15/h15-21H,4-14H2,1-3H3. The monoisotopic (exact) mass is 350 g/mol. The molecule has 7 atom stereocenters. The summed E-state index contributed by atoms with van der Waals surface area (Å²) in [6.07, 6.45) is 11.9. The molecule has 0 amide bonds. The van der Waals surface area contributed by atoms with Crippen LogP contribution < -0.4 is 0 Å². The zero-order valence-corrected chi connectivity index (χ0v) is 17.1. The largest absolute Gasteiger partial charge is 0.394 e. The van der Waals surface area contributed by atoms with E-state index < -0.39 is 8.56 Å². The Bertz CT molecular complexity index is 423. The van der Waals surface area contributed by atoms with Crippen molar-refractivity contribution in [2.75, 3.05) is 13.2 Å². The van der Waals surface area contributed by atoms with Crippen LogP contribution in [0, 0.1) is 35.5 Å². The Labute approximate surface area is 150 Å². The molecule has 4 aliphatic carbocycles. The normalized spacial score (nSPS) is 43.9. The highest BCUT2D eigenvalue weighted by Crippen LogP contribution is 2.67. The van der Waals surface area contributed by atoms with Gasteiger partial charge in [0.2, 0.25) is 0 Å². The summed E-state index contributed by atoms with van der Waals surface area (Å²) in [5.74, 6) is 6.04. The Kier molecular flexibility index (Phi) is 5.15. The Morgan fingerprint density at radius 3 is 2.08 bits per heavy atom. The lowest BCUT2D eigenvalue weighted by Gasteiger charge is -2.46.